The Morgan fingerprint density at radius 3 is 2.66 bits per heavy atom. The molecule has 1 amide bonds. The van der Waals surface area contributed by atoms with Gasteiger partial charge in [-0.1, -0.05) is 62.2 Å². The van der Waals surface area contributed by atoms with Crippen LogP contribution in [0.2, 0.25) is 0 Å². The Morgan fingerprint density at radius 1 is 1.12 bits per heavy atom. The quantitative estimate of drug-likeness (QED) is 0.238. The first-order valence-electron chi connectivity index (χ1n) is 10.5. The first kappa shape index (κ1) is 23.7. The van der Waals surface area contributed by atoms with Crippen molar-refractivity contribution in [2.75, 3.05) is 11.1 Å². The molecule has 0 saturated heterocycles. The molecule has 0 aliphatic heterocycles. The fourth-order valence-corrected chi connectivity index (χ4v) is 4.06. The van der Waals surface area contributed by atoms with Gasteiger partial charge in [0, 0.05) is 6.54 Å². The molecule has 0 bridgehead atoms. The topological polar surface area (TPSA) is 73.2 Å². The van der Waals surface area contributed by atoms with E-state index in [1.807, 2.05) is 6.07 Å². The van der Waals surface area contributed by atoms with Crippen molar-refractivity contribution in [3.05, 3.63) is 58.9 Å². The maximum absolute atomic E-state index is 13.0. The van der Waals surface area contributed by atoms with Crippen LogP contribution < -0.4 is 15.6 Å². The summed E-state index contributed by atoms with van der Waals surface area (Å²) < 4.78 is 31.2. The number of hydrogen-bond donors (Lipinski definition) is 1. The average Bonchev–Trinajstić information content (AvgIpc) is 2.77. The molecule has 0 atom stereocenters. The normalized spacial score (nSPS) is 11.1. The minimum Gasteiger partial charge on any atom is -0.433 e. The number of amides is 1. The van der Waals surface area contributed by atoms with Crippen LogP contribution >= 0.6 is 11.8 Å². The maximum Gasteiger partial charge on any atom is 0.387 e. The molecular formula is C23H25F2N3O3S. The van der Waals surface area contributed by atoms with Crippen LogP contribution in [0.3, 0.4) is 0 Å². The molecule has 0 saturated carbocycles. The summed E-state index contributed by atoms with van der Waals surface area (Å²) in [5, 5.41) is 3.58. The summed E-state index contributed by atoms with van der Waals surface area (Å²) in [6, 6.07) is 13.1. The predicted octanol–water partition coefficient (Wildman–Crippen LogP) is 5.31. The van der Waals surface area contributed by atoms with Gasteiger partial charge in [0.2, 0.25) is 5.91 Å². The Labute approximate surface area is 189 Å². The number of alkyl halides is 2. The average molecular weight is 462 g/mol. The zero-order valence-electron chi connectivity index (χ0n) is 17.7. The Kier molecular flexibility index (Phi) is 8.61. The summed E-state index contributed by atoms with van der Waals surface area (Å²) in [5.74, 6) is -0.569. The minimum absolute atomic E-state index is 0.0389. The number of unbranched alkanes of at least 4 members (excludes halogenated alkanes) is 3. The second-order valence-electron chi connectivity index (χ2n) is 7.14. The Balaban J connectivity index is 1.76. The number of fused-ring (bicyclic) bond motifs is 1. The van der Waals surface area contributed by atoms with Gasteiger partial charge in [-0.2, -0.15) is 8.78 Å². The molecule has 9 heteroatoms. The zero-order chi connectivity index (χ0) is 22.9. The van der Waals surface area contributed by atoms with Crippen LogP contribution in [0, 0.1) is 0 Å². The Morgan fingerprint density at radius 2 is 1.88 bits per heavy atom. The van der Waals surface area contributed by atoms with Crippen LogP contribution in [-0.4, -0.2) is 27.8 Å². The van der Waals surface area contributed by atoms with Crippen LogP contribution in [0.1, 0.15) is 32.6 Å². The van der Waals surface area contributed by atoms with Gasteiger partial charge in [-0.05, 0) is 30.7 Å². The highest BCUT2D eigenvalue weighted by Crippen LogP contribution is 2.26. The van der Waals surface area contributed by atoms with E-state index in [9.17, 15) is 18.4 Å². The largest absolute Gasteiger partial charge is 0.433 e. The number of anilines is 1. The summed E-state index contributed by atoms with van der Waals surface area (Å²) in [4.78, 5) is 30.1. The number of thioether (sulfide) groups is 1. The number of benzene rings is 2. The predicted molar refractivity (Wildman–Crippen MR) is 123 cm³/mol. The molecule has 0 aliphatic carbocycles. The lowest BCUT2D eigenvalue weighted by Gasteiger charge is -2.14. The van der Waals surface area contributed by atoms with Crippen LogP contribution in [0.15, 0.2) is 58.5 Å². The van der Waals surface area contributed by atoms with E-state index < -0.39 is 12.5 Å². The number of aromatic nitrogens is 2. The molecule has 32 heavy (non-hydrogen) atoms. The highest BCUT2D eigenvalue weighted by Gasteiger charge is 2.15. The first-order chi connectivity index (χ1) is 15.5. The minimum atomic E-state index is -2.99. The van der Waals surface area contributed by atoms with Crippen molar-refractivity contribution in [3.8, 4) is 5.75 Å². The van der Waals surface area contributed by atoms with Gasteiger partial charge in [0.25, 0.3) is 5.56 Å². The third kappa shape index (κ3) is 6.29. The molecule has 1 heterocycles. The molecule has 0 unspecified atom stereocenters. The SMILES string of the molecule is CCCCCCn1c(SCC(=O)Nc2ccccc2OC(F)F)nc2ccccc2c1=O. The van der Waals surface area contributed by atoms with E-state index in [1.165, 1.54) is 12.1 Å². The van der Waals surface area contributed by atoms with Crippen LogP contribution in [-0.2, 0) is 11.3 Å². The van der Waals surface area contributed by atoms with Gasteiger partial charge < -0.3 is 10.1 Å². The monoisotopic (exact) mass is 461 g/mol. The van der Waals surface area contributed by atoms with Gasteiger partial charge in [-0.25, -0.2) is 4.98 Å². The van der Waals surface area contributed by atoms with E-state index in [-0.39, 0.29) is 22.7 Å². The van der Waals surface area contributed by atoms with Gasteiger partial charge in [0.15, 0.2) is 5.16 Å². The second-order valence-corrected chi connectivity index (χ2v) is 8.08. The maximum atomic E-state index is 13.0. The fourth-order valence-electron chi connectivity index (χ4n) is 3.24. The summed E-state index contributed by atoms with van der Waals surface area (Å²) in [6.45, 7) is -0.355. The first-order valence-corrected chi connectivity index (χ1v) is 11.4. The van der Waals surface area contributed by atoms with Gasteiger partial charge in [-0.15, -0.1) is 0 Å². The molecule has 1 N–H and O–H groups in total. The molecular weight excluding hydrogens is 436 g/mol. The second kappa shape index (κ2) is 11.6. The summed E-state index contributed by atoms with van der Waals surface area (Å²) >= 11 is 1.14. The standard InChI is InChI=1S/C23H25F2N3O3S/c1-2-3-4-9-14-28-21(30)16-10-5-6-11-17(16)27-23(28)32-15-20(29)26-18-12-7-8-13-19(18)31-22(24)25/h5-8,10-13,22H,2-4,9,14-15H2,1H3,(H,26,29). The number of para-hydroxylation sites is 3. The lowest BCUT2D eigenvalue weighted by Crippen LogP contribution is -2.24. The number of hydrogen-bond acceptors (Lipinski definition) is 5. The van der Waals surface area contributed by atoms with Crippen molar-refractivity contribution >= 4 is 34.3 Å². The van der Waals surface area contributed by atoms with Crippen LogP contribution in [0.5, 0.6) is 5.75 Å². The van der Waals surface area contributed by atoms with Crippen LogP contribution in [0.4, 0.5) is 14.5 Å². The number of nitrogens with one attached hydrogen (secondary N) is 1. The number of halogens is 2. The van der Waals surface area contributed by atoms with Gasteiger partial charge in [0.05, 0.1) is 22.3 Å². The molecule has 3 rings (SSSR count). The summed E-state index contributed by atoms with van der Waals surface area (Å²) in [6.07, 6.45) is 4.01. The van der Waals surface area contributed by atoms with E-state index in [0.717, 1.165) is 37.4 Å². The van der Waals surface area contributed by atoms with Crippen molar-refractivity contribution in [1.82, 2.24) is 9.55 Å². The number of ether oxygens (including phenoxy) is 1. The van der Waals surface area contributed by atoms with Crippen molar-refractivity contribution in [3.63, 3.8) is 0 Å². The molecule has 0 fully saturated rings. The van der Waals surface area contributed by atoms with E-state index in [0.29, 0.717) is 22.6 Å². The van der Waals surface area contributed by atoms with Gasteiger partial charge in [-0.3, -0.25) is 14.2 Å². The highest BCUT2D eigenvalue weighted by molar-refractivity contribution is 7.99. The zero-order valence-corrected chi connectivity index (χ0v) is 18.5. The van der Waals surface area contributed by atoms with Gasteiger partial charge in [0.1, 0.15) is 5.75 Å². The molecule has 0 aliphatic rings. The summed E-state index contributed by atoms with van der Waals surface area (Å²) in [7, 11) is 0. The molecule has 3 aromatic rings. The Bertz CT molecular complexity index is 1120. The molecule has 6 nitrogen and oxygen atoms in total. The number of carbonyl (C=O) groups excluding carboxylic acids is 1. The third-order valence-corrected chi connectivity index (χ3v) is 5.75. The van der Waals surface area contributed by atoms with E-state index in [1.54, 1.807) is 34.9 Å². The number of carbonyl (C=O) groups is 1. The van der Waals surface area contributed by atoms with Crippen LogP contribution in [0.25, 0.3) is 10.9 Å². The lowest BCUT2D eigenvalue weighted by atomic mass is 10.2. The third-order valence-electron chi connectivity index (χ3n) is 4.77. The van der Waals surface area contributed by atoms with E-state index >= 15 is 0 Å². The van der Waals surface area contributed by atoms with E-state index in [2.05, 4.69) is 22.0 Å². The molecule has 0 radical (unpaired) electrons. The lowest BCUT2D eigenvalue weighted by molar-refractivity contribution is -0.113. The summed E-state index contributed by atoms with van der Waals surface area (Å²) in [5.41, 5.74) is 0.591. The highest BCUT2D eigenvalue weighted by atomic mass is 32.2. The van der Waals surface area contributed by atoms with Gasteiger partial charge >= 0.3 is 6.61 Å². The van der Waals surface area contributed by atoms with Crippen molar-refractivity contribution < 1.29 is 18.3 Å². The van der Waals surface area contributed by atoms with Crippen molar-refractivity contribution in [1.29, 1.82) is 0 Å². The van der Waals surface area contributed by atoms with Crippen molar-refractivity contribution in [2.45, 2.75) is 50.9 Å². The molecule has 0 spiro atoms. The molecule has 1 aromatic heterocycles. The van der Waals surface area contributed by atoms with Crippen molar-refractivity contribution in [2.24, 2.45) is 0 Å². The fraction of sp³-hybridized carbons (Fsp3) is 0.348. The molecule has 170 valence electrons. The Hall–Kier alpha value is -2.94. The number of rotatable bonds is 11. The smallest absolute Gasteiger partial charge is 0.387 e. The molecule has 2 aromatic carbocycles. The van der Waals surface area contributed by atoms with E-state index in [4.69, 9.17) is 0 Å². The number of nitrogens with zero attached hydrogens (tertiary/aromatic N) is 2.